The fraction of sp³-hybridized carbons (Fsp3) is 0.100. The van der Waals surface area contributed by atoms with E-state index in [-0.39, 0.29) is 6.03 Å². The quantitative estimate of drug-likeness (QED) is 0.493. The molecule has 4 aromatic rings. The second kappa shape index (κ2) is 7.69. The van der Waals surface area contributed by atoms with Crippen molar-refractivity contribution in [1.29, 1.82) is 0 Å². The van der Waals surface area contributed by atoms with Crippen LogP contribution in [0.1, 0.15) is 6.92 Å². The maximum atomic E-state index is 14.4. The third-order valence-electron chi connectivity index (χ3n) is 4.09. The van der Waals surface area contributed by atoms with Gasteiger partial charge in [0.2, 0.25) is 5.95 Å². The van der Waals surface area contributed by atoms with E-state index >= 15 is 0 Å². The minimum Gasteiger partial charge on any atom is -0.338 e. The molecule has 3 aromatic heterocycles. The van der Waals surface area contributed by atoms with Crippen molar-refractivity contribution >= 4 is 32.7 Å². The first kappa shape index (κ1) is 18.0. The van der Waals surface area contributed by atoms with Gasteiger partial charge in [-0.3, -0.25) is 10.3 Å². The summed E-state index contributed by atoms with van der Waals surface area (Å²) in [6.45, 7) is 2.34. The molecule has 4 rings (SSSR count). The zero-order chi connectivity index (χ0) is 19.5. The highest BCUT2D eigenvalue weighted by molar-refractivity contribution is 7.22. The number of anilines is 1. The fourth-order valence-electron chi connectivity index (χ4n) is 2.88. The molecule has 0 aliphatic carbocycles. The number of amides is 2. The molecular weight excluding hydrogens is 377 g/mol. The smallest absolute Gasteiger partial charge is 0.321 e. The largest absolute Gasteiger partial charge is 0.338 e. The van der Waals surface area contributed by atoms with E-state index in [1.165, 1.54) is 17.5 Å². The average Bonchev–Trinajstić information content (AvgIpc) is 3.11. The van der Waals surface area contributed by atoms with E-state index < -0.39 is 5.95 Å². The van der Waals surface area contributed by atoms with E-state index in [2.05, 4.69) is 25.6 Å². The topological polar surface area (TPSA) is 79.8 Å². The molecule has 0 unspecified atom stereocenters. The first-order valence-electron chi connectivity index (χ1n) is 8.66. The van der Waals surface area contributed by atoms with Gasteiger partial charge in [0, 0.05) is 41.8 Å². The number of carbonyl (C=O) groups excluding carboxylic acids is 1. The Kier molecular flexibility index (Phi) is 4.94. The Labute approximate surface area is 164 Å². The van der Waals surface area contributed by atoms with Crippen molar-refractivity contribution in [1.82, 2.24) is 20.3 Å². The molecule has 140 valence electrons. The molecule has 0 saturated heterocycles. The lowest BCUT2D eigenvalue weighted by atomic mass is 10.00. The summed E-state index contributed by atoms with van der Waals surface area (Å²) >= 11 is 1.29. The van der Waals surface area contributed by atoms with Crippen LogP contribution in [0.25, 0.3) is 32.5 Å². The average molecular weight is 393 g/mol. The number of nitrogens with one attached hydrogen (secondary N) is 2. The number of fused-ring (bicyclic) bond motifs is 1. The summed E-state index contributed by atoms with van der Waals surface area (Å²) in [4.78, 5) is 24.3. The molecule has 28 heavy (non-hydrogen) atoms. The van der Waals surface area contributed by atoms with Gasteiger partial charge >= 0.3 is 6.03 Å². The van der Waals surface area contributed by atoms with Crippen molar-refractivity contribution in [3.63, 3.8) is 0 Å². The van der Waals surface area contributed by atoms with Gasteiger partial charge in [0.05, 0.1) is 10.2 Å². The van der Waals surface area contributed by atoms with Crippen molar-refractivity contribution in [3.8, 4) is 22.3 Å². The summed E-state index contributed by atoms with van der Waals surface area (Å²) < 4.78 is 15.2. The van der Waals surface area contributed by atoms with Crippen LogP contribution >= 0.6 is 11.3 Å². The molecule has 0 aliphatic rings. The molecule has 6 nitrogen and oxygen atoms in total. The van der Waals surface area contributed by atoms with Gasteiger partial charge in [-0.05, 0) is 42.8 Å². The fourth-order valence-corrected chi connectivity index (χ4v) is 3.84. The van der Waals surface area contributed by atoms with Crippen molar-refractivity contribution in [2.24, 2.45) is 0 Å². The number of carbonyl (C=O) groups is 1. The van der Waals surface area contributed by atoms with Crippen LogP contribution in [0, 0.1) is 5.95 Å². The van der Waals surface area contributed by atoms with E-state index in [4.69, 9.17) is 0 Å². The molecule has 0 atom stereocenters. The highest BCUT2D eigenvalue weighted by Gasteiger charge is 2.16. The van der Waals surface area contributed by atoms with Crippen molar-refractivity contribution < 1.29 is 9.18 Å². The number of hydrogen-bond donors (Lipinski definition) is 2. The number of halogens is 1. The predicted octanol–water partition coefficient (Wildman–Crippen LogP) is 4.70. The highest BCUT2D eigenvalue weighted by Crippen LogP contribution is 2.39. The zero-order valence-corrected chi connectivity index (χ0v) is 15.8. The Morgan fingerprint density at radius 2 is 2.00 bits per heavy atom. The lowest BCUT2D eigenvalue weighted by Crippen LogP contribution is -2.28. The zero-order valence-electron chi connectivity index (χ0n) is 14.9. The Morgan fingerprint density at radius 1 is 1.14 bits per heavy atom. The number of benzene rings is 1. The molecule has 0 fully saturated rings. The molecule has 2 amide bonds. The third-order valence-corrected chi connectivity index (χ3v) is 5.11. The number of pyridine rings is 2. The monoisotopic (exact) mass is 393 g/mol. The first-order valence-corrected chi connectivity index (χ1v) is 9.48. The van der Waals surface area contributed by atoms with Crippen LogP contribution < -0.4 is 10.6 Å². The lowest BCUT2D eigenvalue weighted by Gasteiger charge is -2.08. The van der Waals surface area contributed by atoms with Crippen molar-refractivity contribution in [3.05, 3.63) is 60.9 Å². The minimum atomic E-state index is -0.557. The Bertz CT molecular complexity index is 1150. The third kappa shape index (κ3) is 3.54. The molecule has 0 bridgehead atoms. The van der Waals surface area contributed by atoms with Crippen LogP contribution in [-0.4, -0.2) is 27.5 Å². The van der Waals surface area contributed by atoms with Crippen molar-refractivity contribution in [2.75, 3.05) is 11.9 Å². The highest BCUT2D eigenvalue weighted by atomic mass is 32.1. The van der Waals surface area contributed by atoms with E-state index in [0.717, 1.165) is 15.8 Å². The molecule has 0 aliphatic heterocycles. The van der Waals surface area contributed by atoms with Gasteiger partial charge in [0.25, 0.3) is 0 Å². The summed E-state index contributed by atoms with van der Waals surface area (Å²) in [6, 6.07) is 10.6. The van der Waals surface area contributed by atoms with E-state index in [1.807, 2.05) is 31.2 Å². The molecule has 8 heteroatoms. The number of hydrogen-bond acceptors (Lipinski definition) is 5. The Morgan fingerprint density at radius 3 is 2.75 bits per heavy atom. The molecule has 1 aromatic carbocycles. The Balaban J connectivity index is 1.90. The first-order chi connectivity index (χ1) is 13.7. The van der Waals surface area contributed by atoms with E-state index in [1.54, 1.807) is 24.5 Å². The van der Waals surface area contributed by atoms with Gasteiger partial charge < -0.3 is 5.32 Å². The molecule has 0 radical (unpaired) electrons. The standard InChI is InChI=1S/C20H16FN5OS/c1-2-23-19(27)26-20-25-16-10-13(12-5-3-7-22-11-12)9-15(17(16)28-20)14-6-4-8-24-18(14)21/h3-11H,2H2,1H3,(H2,23,25,26,27). The lowest BCUT2D eigenvalue weighted by molar-refractivity contribution is 0.252. The summed E-state index contributed by atoms with van der Waals surface area (Å²) in [5.74, 6) is -0.557. The molecule has 0 saturated carbocycles. The van der Waals surface area contributed by atoms with Crippen LogP contribution in [0.5, 0.6) is 0 Å². The summed E-state index contributed by atoms with van der Waals surface area (Å²) in [5.41, 5.74) is 3.46. The molecule has 0 spiro atoms. The van der Waals surface area contributed by atoms with E-state index in [0.29, 0.717) is 28.3 Å². The van der Waals surface area contributed by atoms with Gasteiger partial charge in [-0.2, -0.15) is 4.39 Å². The van der Waals surface area contributed by atoms with E-state index in [9.17, 15) is 9.18 Å². The van der Waals surface area contributed by atoms with Crippen LogP contribution in [0.15, 0.2) is 55.0 Å². The number of rotatable bonds is 4. The molecule has 3 heterocycles. The normalized spacial score (nSPS) is 10.8. The molecule has 2 N–H and O–H groups in total. The van der Waals surface area contributed by atoms with Gasteiger partial charge in [-0.1, -0.05) is 17.4 Å². The van der Waals surface area contributed by atoms with Crippen LogP contribution in [0.4, 0.5) is 14.3 Å². The van der Waals surface area contributed by atoms with Gasteiger partial charge in [0.1, 0.15) is 0 Å². The van der Waals surface area contributed by atoms with Crippen LogP contribution in [-0.2, 0) is 0 Å². The maximum absolute atomic E-state index is 14.4. The van der Waals surface area contributed by atoms with Crippen LogP contribution in [0.3, 0.4) is 0 Å². The maximum Gasteiger partial charge on any atom is 0.321 e. The van der Waals surface area contributed by atoms with Crippen molar-refractivity contribution in [2.45, 2.75) is 6.92 Å². The minimum absolute atomic E-state index is 0.330. The molecular formula is C20H16FN5OS. The number of urea groups is 1. The summed E-state index contributed by atoms with van der Waals surface area (Å²) in [6.07, 6.45) is 4.85. The Hall–Kier alpha value is -3.39. The number of thiazole rings is 1. The van der Waals surface area contributed by atoms with Gasteiger partial charge in [0.15, 0.2) is 5.13 Å². The predicted molar refractivity (Wildman–Crippen MR) is 109 cm³/mol. The number of aromatic nitrogens is 3. The summed E-state index contributed by atoms with van der Waals surface area (Å²) in [5, 5.41) is 5.83. The summed E-state index contributed by atoms with van der Waals surface area (Å²) in [7, 11) is 0. The van der Waals surface area contributed by atoms with Gasteiger partial charge in [-0.25, -0.2) is 14.8 Å². The SMILES string of the molecule is CCNC(=O)Nc1nc2cc(-c3cccnc3)cc(-c3cccnc3F)c2s1. The number of nitrogens with zero attached hydrogens (tertiary/aromatic N) is 3. The van der Waals surface area contributed by atoms with Crippen LogP contribution in [0.2, 0.25) is 0 Å². The van der Waals surface area contributed by atoms with Gasteiger partial charge in [-0.15, -0.1) is 0 Å². The second-order valence-electron chi connectivity index (χ2n) is 5.96. The second-order valence-corrected chi connectivity index (χ2v) is 6.96.